The van der Waals surface area contributed by atoms with Gasteiger partial charge in [-0.15, -0.1) is 0 Å². The molecule has 0 spiro atoms. The Kier molecular flexibility index (Phi) is 15.4. The van der Waals surface area contributed by atoms with Crippen molar-refractivity contribution in [3.63, 3.8) is 0 Å². The molecule has 9 aromatic carbocycles. The number of allylic oxidation sites excluding steroid dienone is 4. The second kappa shape index (κ2) is 22.5. The fourth-order valence-corrected chi connectivity index (χ4v) is 20.2. The van der Waals surface area contributed by atoms with Gasteiger partial charge < -0.3 is 0 Å². The summed E-state index contributed by atoms with van der Waals surface area (Å²) in [5, 5.41) is 6.29. The Bertz CT molecular complexity index is 3240. The van der Waals surface area contributed by atoms with Crippen LogP contribution in [0, 0.1) is 47.5 Å². The Morgan fingerprint density at radius 1 is 0.289 bits per heavy atom. The van der Waals surface area contributed by atoms with E-state index in [1.807, 2.05) is 0 Å². The number of hydrogen-bond donors (Lipinski definition) is 0. The average molecular weight is 1010 g/mol. The van der Waals surface area contributed by atoms with E-state index in [2.05, 4.69) is 269 Å². The van der Waals surface area contributed by atoms with Gasteiger partial charge in [0.2, 0.25) is 0 Å². The van der Waals surface area contributed by atoms with Crippen molar-refractivity contribution in [2.75, 3.05) is 0 Å². The molecule has 1 atom stereocenters. The van der Waals surface area contributed by atoms with Crippen LogP contribution in [-0.4, -0.2) is 8.07 Å². The summed E-state index contributed by atoms with van der Waals surface area (Å²) in [5.41, 5.74) is 29.9. The predicted molar refractivity (Wildman–Crippen MR) is 328 cm³/mol. The van der Waals surface area contributed by atoms with Crippen molar-refractivity contribution in [3.8, 4) is 0 Å². The van der Waals surface area contributed by atoms with E-state index < -0.39 is 8.07 Å². The molecule has 1 heteroatoms. The van der Waals surface area contributed by atoms with Crippen molar-refractivity contribution < 1.29 is 0 Å². The van der Waals surface area contributed by atoms with E-state index in [-0.39, 0.29) is 5.92 Å². The van der Waals surface area contributed by atoms with Crippen molar-refractivity contribution >= 4 is 23.6 Å². The summed E-state index contributed by atoms with van der Waals surface area (Å²) in [6.07, 6.45) is 5.30. The van der Waals surface area contributed by atoms with Gasteiger partial charge in [-0.3, -0.25) is 0 Å². The summed E-state index contributed by atoms with van der Waals surface area (Å²) in [6.45, 7) is 24.8. The molecule has 9 aromatic rings. The first-order valence-corrected chi connectivity index (χ1v) is 29.8. The quantitative estimate of drug-likeness (QED) is 0.0668. The van der Waals surface area contributed by atoms with E-state index in [1.165, 1.54) is 117 Å². The average Bonchev–Trinajstić information content (AvgIpc) is 3.74. The van der Waals surface area contributed by atoms with Gasteiger partial charge in [0.15, 0.2) is 8.07 Å². The van der Waals surface area contributed by atoms with Crippen LogP contribution in [-0.2, 0) is 38.5 Å². The predicted octanol–water partition coefficient (Wildman–Crippen LogP) is 16.4. The van der Waals surface area contributed by atoms with Gasteiger partial charge >= 0.3 is 0 Å². The number of hydrogen-bond acceptors (Lipinski definition) is 0. The first-order valence-electron chi connectivity index (χ1n) is 27.8. The van der Waals surface area contributed by atoms with Gasteiger partial charge in [-0.05, 0) is 228 Å². The minimum atomic E-state index is -3.38. The van der Waals surface area contributed by atoms with Crippen LogP contribution in [0.5, 0.6) is 0 Å². The van der Waals surface area contributed by atoms with Crippen LogP contribution in [0.2, 0.25) is 0 Å². The van der Waals surface area contributed by atoms with Crippen molar-refractivity contribution in [1.82, 2.24) is 0 Å². The molecule has 0 bridgehead atoms. The zero-order valence-corrected chi connectivity index (χ0v) is 47.9. The Hall–Kier alpha value is -7.32. The number of rotatable bonds is 16. The third-order valence-corrected chi connectivity index (χ3v) is 23.4. The van der Waals surface area contributed by atoms with Crippen molar-refractivity contribution in [2.45, 2.75) is 108 Å². The van der Waals surface area contributed by atoms with E-state index in [0.29, 0.717) is 0 Å². The summed E-state index contributed by atoms with van der Waals surface area (Å²) in [6, 6.07) is 75.6. The number of benzene rings is 9. The molecular weight excluding hydrogens is 929 g/mol. The van der Waals surface area contributed by atoms with Crippen LogP contribution < -0.4 is 15.6 Å². The lowest BCUT2D eigenvalue weighted by Gasteiger charge is -2.44. The van der Waals surface area contributed by atoms with Crippen LogP contribution in [0.25, 0.3) is 0 Å². The molecule has 0 aromatic heterocycles. The van der Waals surface area contributed by atoms with E-state index in [1.54, 1.807) is 20.8 Å². The summed E-state index contributed by atoms with van der Waals surface area (Å²) >= 11 is 0. The van der Waals surface area contributed by atoms with Crippen LogP contribution >= 0.6 is 0 Å². The minimum Gasteiger partial charge on any atom is -0.0636 e. The maximum atomic E-state index is 2.73. The molecule has 0 fully saturated rings. The molecule has 10 rings (SSSR count). The lowest BCUT2D eigenvalue weighted by molar-refractivity contribution is 0.851. The molecule has 0 amide bonds. The molecule has 0 saturated heterocycles. The summed E-state index contributed by atoms with van der Waals surface area (Å²) in [5.74, 6) is 0.246. The SMILES string of the molecule is CC1=C(C)C(C)C([Si](c2cc(C)c(Cc3ccccc3)c(Cc3ccccc3)c2C)(c2cc(C)c(Cc3ccccc3)c(Cc3ccccc3)c2C)c2cc(C)c(Cc3ccccc3)c(Cc3ccccc3)c2C)=C1C. The number of aryl methyl sites for hydroxylation is 3. The molecule has 0 aliphatic heterocycles. The molecular formula is C75H76Si. The van der Waals surface area contributed by atoms with Gasteiger partial charge in [-0.25, -0.2) is 0 Å². The highest BCUT2D eigenvalue weighted by Crippen LogP contribution is 2.44. The topological polar surface area (TPSA) is 0 Å². The second-order valence-corrected chi connectivity index (χ2v) is 25.9. The molecule has 0 radical (unpaired) electrons. The van der Waals surface area contributed by atoms with E-state index >= 15 is 0 Å². The van der Waals surface area contributed by atoms with Crippen LogP contribution in [0.1, 0.15) is 128 Å². The third-order valence-electron chi connectivity index (χ3n) is 17.8. The monoisotopic (exact) mass is 1000 g/mol. The van der Waals surface area contributed by atoms with Gasteiger partial charge in [0.25, 0.3) is 0 Å². The second-order valence-electron chi connectivity index (χ2n) is 22.3. The van der Waals surface area contributed by atoms with Crippen LogP contribution in [0.15, 0.2) is 222 Å². The lowest BCUT2D eigenvalue weighted by Crippen LogP contribution is -2.72. The largest absolute Gasteiger partial charge is 0.177 e. The Labute approximate surface area is 457 Å². The standard InChI is InChI=1S/C75H76Si/c1-50-41-72(57(8)69(47-63-35-23-14-24-36-63)66(50)44-60-29-17-11-18-30-60)76(75-55(6)53(4)54(5)56(75)7,73-42-51(2)67(45-61-31-19-12-20-32-61)70(58(73)9)48-64-37-25-15-26-38-64)74-43-52(3)68(46-62-33-21-13-22-34-62)71(59(74)10)49-65-39-27-16-28-40-65/h11-43,55H,44-49H2,1-10H3. The van der Waals surface area contributed by atoms with Crippen LogP contribution in [0.4, 0.5) is 0 Å². The van der Waals surface area contributed by atoms with E-state index in [9.17, 15) is 0 Å². The highest BCUT2D eigenvalue weighted by Gasteiger charge is 2.51. The van der Waals surface area contributed by atoms with Gasteiger partial charge in [-0.1, -0.05) is 223 Å². The van der Waals surface area contributed by atoms with Gasteiger partial charge in [-0.2, -0.15) is 0 Å². The fraction of sp³-hybridized carbons (Fsp3) is 0.227. The molecule has 1 unspecified atom stereocenters. The van der Waals surface area contributed by atoms with Crippen LogP contribution in [0.3, 0.4) is 0 Å². The maximum absolute atomic E-state index is 3.38. The Balaban J connectivity index is 1.40. The molecule has 0 saturated carbocycles. The summed E-state index contributed by atoms with van der Waals surface area (Å²) in [4.78, 5) is 0. The molecule has 1 aliphatic rings. The Morgan fingerprint density at radius 2 is 0.513 bits per heavy atom. The zero-order chi connectivity index (χ0) is 53.1. The minimum absolute atomic E-state index is 0.246. The van der Waals surface area contributed by atoms with Gasteiger partial charge in [0.05, 0.1) is 0 Å². The van der Waals surface area contributed by atoms with Gasteiger partial charge in [0, 0.05) is 0 Å². The molecule has 0 nitrogen and oxygen atoms in total. The summed E-state index contributed by atoms with van der Waals surface area (Å²) in [7, 11) is -3.38. The third kappa shape index (κ3) is 10.1. The highest BCUT2D eigenvalue weighted by atomic mass is 28.3. The normalized spacial score (nSPS) is 13.7. The van der Waals surface area contributed by atoms with Gasteiger partial charge in [0.1, 0.15) is 0 Å². The van der Waals surface area contributed by atoms with Crippen molar-refractivity contribution in [1.29, 1.82) is 0 Å². The first kappa shape index (κ1) is 52.1. The van der Waals surface area contributed by atoms with Crippen molar-refractivity contribution in [3.05, 3.63) is 322 Å². The van der Waals surface area contributed by atoms with E-state index in [4.69, 9.17) is 0 Å². The van der Waals surface area contributed by atoms with E-state index in [0.717, 1.165) is 38.5 Å². The smallest absolute Gasteiger partial charge is 0.0636 e. The zero-order valence-electron chi connectivity index (χ0n) is 46.9. The first-order chi connectivity index (χ1) is 36.8. The summed E-state index contributed by atoms with van der Waals surface area (Å²) < 4.78 is 0. The maximum Gasteiger partial charge on any atom is 0.177 e. The molecule has 0 N–H and O–H groups in total. The molecule has 1 aliphatic carbocycles. The molecule has 76 heavy (non-hydrogen) atoms. The van der Waals surface area contributed by atoms with Crippen molar-refractivity contribution in [2.24, 2.45) is 5.92 Å². The fourth-order valence-electron chi connectivity index (χ4n) is 13.4. The lowest BCUT2D eigenvalue weighted by atomic mass is 9.88. The Morgan fingerprint density at radius 3 is 0.724 bits per heavy atom. The molecule has 380 valence electrons. The molecule has 0 heterocycles. The highest BCUT2D eigenvalue weighted by molar-refractivity contribution is 7.17.